The standard InChI is InChI=1S/C26H18ClN5O3/c27-22-8-6-16(24(28)33)13-21(22)26(34)32(19-12-17-10-11-29-25(17)31-15-19)18-7-9-23(30-14-18)35-20-4-2-1-3-5-20/h1-15H,(H2,28,33)(H,29,31). The third kappa shape index (κ3) is 4.55. The molecule has 0 aliphatic heterocycles. The van der Waals surface area contributed by atoms with Crippen LogP contribution in [0.15, 0.2) is 91.4 Å². The first-order valence-electron chi connectivity index (χ1n) is 10.6. The van der Waals surface area contributed by atoms with Crippen molar-refractivity contribution in [3.05, 3.63) is 108 Å². The quantitative estimate of drug-likeness (QED) is 0.332. The number of aromatic nitrogens is 3. The van der Waals surface area contributed by atoms with Crippen molar-refractivity contribution >= 4 is 45.8 Å². The number of hydrogen-bond donors (Lipinski definition) is 2. The second kappa shape index (κ2) is 9.28. The van der Waals surface area contributed by atoms with Gasteiger partial charge in [0.15, 0.2) is 0 Å². The number of hydrogen-bond acceptors (Lipinski definition) is 5. The number of nitrogens with two attached hydrogens (primary N) is 1. The fourth-order valence-corrected chi connectivity index (χ4v) is 3.77. The number of rotatable bonds is 6. The van der Waals surface area contributed by atoms with Crippen LogP contribution in [0.25, 0.3) is 11.0 Å². The number of nitrogens with zero attached hydrogens (tertiary/aromatic N) is 3. The Balaban J connectivity index is 1.57. The number of benzene rings is 2. The maximum Gasteiger partial charge on any atom is 0.264 e. The van der Waals surface area contributed by atoms with Gasteiger partial charge in [-0.15, -0.1) is 0 Å². The van der Waals surface area contributed by atoms with Crippen LogP contribution < -0.4 is 15.4 Å². The predicted molar refractivity (Wildman–Crippen MR) is 133 cm³/mol. The van der Waals surface area contributed by atoms with Gasteiger partial charge in [-0.1, -0.05) is 29.8 Å². The molecule has 2 aromatic carbocycles. The summed E-state index contributed by atoms with van der Waals surface area (Å²) in [7, 11) is 0. The monoisotopic (exact) mass is 483 g/mol. The molecule has 0 bridgehead atoms. The Morgan fingerprint density at radius 3 is 2.46 bits per heavy atom. The molecule has 2 amide bonds. The molecule has 0 radical (unpaired) electrons. The van der Waals surface area contributed by atoms with E-state index in [0.29, 0.717) is 28.7 Å². The van der Waals surface area contributed by atoms with Crippen LogP contribution >= 0.6 is 11.6 Å². The summed E-state index contributed by atoms with van der Waals surface area (Å²) in [6.07, 6.45) is 4.85. The average Bonchev–Trinajstić information content (AvgIpc) is 3.34. The van der Waals surface area contributed by atoms with Gasteiger partial charge in [0, 0.05) is 23.2 Å². The molecule has 0 saturated heterocycles. The van der Waals surface area contributed by atoms with Crippen LogP contribution in [0.1, 0.15) is 20.7 Å². The van der Waals surface area contributed by atoms with E-state index in [1.54, 1.807) is 24.5 Å². The summed E-state index contributed by atoms with van der Waals surface area (Å²) in [6.45, 7) is 0. The summed E-state index contributed by atoms with van der Waals surface area (Å²) in [5.41, 5.74) is 7.32. The third-order valence-corrected chi connectivity index (χ3v) is 5.60. The number of nitrogens with one attached hydrogen (secondary N) is 1. The molecule has 0 aliphatic carbocycles. The van der Waals surface area contributed by atoms with E-state index in [1.165, 1.54) is 29.3 Å². The van der Waals surface area contributed by atoms with Crippen LogP contribution in [-0.4, -0.2) is 26.8 Å². The highest BCUT2D eigenvalue weighted by Gasteiger charge is 2.24. The Morgan fingerprint density at radius 2 is 1.71 bits per heavy atom. The van der Waals surface area contributed by atoms with Crippen LogP contribution in [0.2, 0.25) is 5.02 Å². The van der Waals surface area contributed by atoms with Gasteiger partial charge >= 0.3 is 0 Å². The van der Waals surface area contributed by atoms with Gasteiger partial charge in [0.25, 0.3) is 5.91 Å². The van der Waals surface area contributed by atoms with Crippen molar-refractivity contribution < 1.29 is 14.3 Å². The number of ether oxygens (including phenoxy) is 1. The Hall–Kier alpha value is -4.69. The maximum absolute atomic E-state index is 13.8. The molecule has 3 heterocycles. The van der Waals surface area contributed by atoms with E-state index in [9.17, 15) is 9.59 Å². The van der Waals surface area contributed by atoms with Gasteiger partial charge in [0.1, 0.15) is 11.4 Å². The fourth-order valence-electron chi connectivity index (χ4n) is 3.57. The Bertz CT molecular complexity index is 1530. The molecule has 0 unspecified atom stereocenters. The summed E-state index contributed by atoms with van der Waals surface area (Å²) in [6, 6.07) is 20.6. The molecule has 5 aromatic rings. The van der Waals surface area contributed by atoms with E-state index >= 15 is 0 Å². The molecule has 3 aromatic heterocycles. The van der Waals surface area contributed by atoms with Crippen molar-refractivity contribution in [2.75, 3.05) is 4.90 Å². The first-order valence-corrected chi connectivity index (χ1v) is 10.9. The number of carbonyl (C=O) groups excluding carboxylic acids is 2. The fraction of sp³-hybridized carbons (Fsp3) is 0. The predicted octanol–water partition coefficient (Wildman–Crippen LogP) is 5.48. The van der Waals surface area contributed by atoms with Crippen molar-refractivity contribution in [1.82, 2.24) is 15.0 Å². The molecule has 5 rings (SSSR count). The Labute approximate surface area is 205 Å². The van der Waals surface area contributed by atoms with Gasteiger partial charge in [-0.05, 0) is 48.5 Å². The molecule has 0 atom stereocenters. The minimum Gasteiger partial charge on any atom is -0.439 e. The van der Waals surface area contributed by atoms with E-state index in [2.05, 4.69) is 15.0 Å². The zero-order valence-corrected chi connectivity index (χ0v) is 18.9. The number of halogens is 1. The maximum atomic E-state index is 13.8. The Kier molecular flexibility index (Phi) is 5.87. The third-order valence-electron chi connectivity index (χ3n) is 5.27. The molecule has 35 heavy (non-hydrogen) atoms. The van der Waals surface area contributed by atoms with Gasteiger partial charge in [-0.25, -0.2) is 9.97 Å². The number of carbonyl (C=O) groups is 2. The number of aromatic amines is 1. The van der Waals surface area contributed by atoms with E-state index < -0.39 is 11.8 Å². The van der Waals surface area contributed by atoms with Crippen molar-refractivity contribution in [2.24, 2.45) is 5.73 Å². The van der Waals surface area contributed by atoms with Gasteiger partial charge < -0.3 is 15.5 Å². The van der Waals surface area contributed by atoms with Gasteiger partial charge in [-0.2, -0.15) is 0 Å². The lowest BCUT2D eigenvalue weighted by atomic mass is 10.1. The SMILES string of the molecule is NC(=O)c1ccc(Cl)c(C(=O)N(c2ccc(Oc3ccccc3)nc2)c2cnc3[nH]ccc3c2)c1. The van der Waals surface area contributed by atoms with E-state index in [-0.39, 0.29) is 16.1 Å². The average molecular weight is 484 g/mol. The lowest BCUT2D eigenvalue weighted by Crippen LogP contribution is -2.27. The van der Waals surface area contributed by atoms with Crippen LogP contribution in [-0.2, 0) is 0 Å². The largest absolute Gasteiger partial charge is 0.439 e. The summed E-state index contributed by atoms with van der Waals surface area (Å²) in [4.78, 5) is 38.7. The summed E-state index contributed by atoms with van der Waals surface area (Å²) in [5, 5.41) is 0.993. The molecule has 0 fully saturated rings. The molecule has 0 spiro atoms. The van der Waals surface area contributed by atoms with Gasteiger partial charge in [0.05, 0.1) is 34.4 Å². The number of para-hydroxylation sites is 1. The molecule has 3 N–H and O–H groups in total. The van der Waals surface area contributed by atoms with E-state index in [1.807, 2.05) is 42.5 Å². The minimum atomic E-state index is -0.665. The van der Waals surface area contributed by atoms with Crippen LogP contribution in [0, 0.1) is 0 Å². The topological polar surface area (TPSA) is 114 Å². The van der Waals surface area contributed by atoms with Gasteiger partial charge in [0.2, 0.25) is 11.8 Å². The lowest BCUT2D eigenvalue weighted by molar-refractivity contribution is 0.0998. The number of fused-ring (bicyclic) bond motifs is 1. The van der Waals surface area contributed by atoms with Crippen LogP contribution in [0.4, 0.5) is 11.4 Å². The van der Waals surface area contributed by atoms with Crippen molar-refractivity contribution in [1.29, 1.82) is 0 Å². The summed E-state index contributed by atoms with van der Waals surface area (Å²) < 4.78 is 5.77. The van der Waals surface area contributed by atoms with Crippen molar-refractivity contribution in [3.8, 4) is 11.6 Å². The van der Waals surface area contributed by atoms with Gasteiger partial charge in [-0.3, -0.25) is 14.5 Å². The molecule has 0 saturated carbocycles. The Morgan fingerprint density at radius 1 is 0.914 bits per heavy atom. The number of anilines is 2. The zero-order chi connectivity index (χ0) is 24.4. The molecular weight excluding hydrogens is 466 g/mol. The number of primary amides is 1. The van der Waals surface area contributed by atoms with E-state index in [4.69, 9.17) is 22.1 Å². The molecule has 8 nitrogen and oxygen atoms in total. The smallest absolute Gasteiger partial charge is 0.264 e. The van der Waals surface area contributed by atoms with Crippen molar-refractivity contribution in [2.45, 2.75) is 0 Å². The molecule has 9 heteroatoms. The normalized spacial score (nSPS) is 10.8. The highest BCUT2D eigenvalue weighted by atomic mass is 35.5. The van der Waals surface area contributed by atoms with E-state index in [0.717, 1.165) is 5.39 Å². The first kappa shape index (κ1) is 22.1. The highest BCUT2D eigenvalue weighted by molar-refractivity contribution is 6.35. The second-order valence-corrected chi connectivity index (χ2v) is 7.99. The zero-order valence-electron chi connectivity index (χ0n) is 18.2. The van der Waals surface area contributed by atoms with Crippen LogP contribution in [0.5, 0.6) is 11.6 Å². The highest BCUT2D eigenvalue weighted by Crippen LogP contribution is 2.32. The lowest BCUT2D eigenvalue weighted by Gasteiger charge is -2.23. The number of H-pyrrole nitrogens is 1. The summed E-state index contributed by atoms with van der Waals surface area (Å²) >= 11 is 6.35. The molecule has 172 valence electrons. The van der Waals surface area contributed by atoms with Crippen molar-refractivity contribution in [3.63, 3.8) is 0 Å². The van der Waals surface area contributed by atoms with Crippen LogP contribution in [0.3, 0.4) is 0 Å². The summed E-state index contributed by atoms with van der Waals surface area (Å²) in [5.74, 6) is -0.145. The number of pyridine rings is 2. The molecule has 0 aliphatic rings. The minimum absolute atomic E-state index is 0.113. The molecular formula is C26H18ClN5O3. The first-order chi connectivity index (χ1) is 17.0. The number of amides is 2. The second-order valence-electron chi connectivity index (χ2n) is 7.58.